The normalized spacial score (nSPS) is 8.60. The third kappa shape index (κ3) is 6.76. The molecule has 0 saturated carbocycles. The number of nitrogens with one attached hydrogen (secondary N) is 1. The van der Waals surface area contributed by atoms with Gasteiger partial charge < -0.3 is 0 Å². The first-order valence-corrected chi connectivity index (χ1v) is 3.40. The first kappa shape index (κ1) is 8.76. The van der Waals surface area contributed by atoms with Gasteiger partial charge in [0, 0.05) is 0 Å². The summed E-state index contributed by atoms with van der Waals surface area (Å²) in [5, 5.41) is 9.33. The summed E-state index contributed by atoms with van der Waals surface area (Å²) in [6.45, 7) is 0. The lowest BCUT2D eigenvalue weighted by molar-refractivity contribution is 0.514. The van der Waals surface area contributed by atoms with Gasteiger partial charge in [0.2, 0.25) is 5.66 Å². The van der Waals surface area contributed by atoms with Crippen molar-refractivity contribution in [2.75, 3.05) is 0 Å². The van der Waals surface area contributed by atoms with Crippen molar-refractivity contribution in [1.82, 2.24) is 15.4 Å². The predicted octanol–water partition coefficient (Wildman–Crippen LogP) is 0.116. The second kappa shape index (κ2) is 5.89. The summed E-state index contributed by atoms with van der Waals surface area (Å²) in [6, 6.07) is 0. The van der Waals surface area contributed by atoms with Crippen molar-refractivity contribution in [3.05, 3.63) is 12.4 Å². The molecule has 52 valence electrons. The van der Waals surface area contributed by atoms with E-state index in [1.807, 2.05) is 0 Å². The molecule has 5 nitrogen and oxygen atoms in total. The fourth-order valence-electron chi connectivity index (χ4n) is 0.167. The Morgan fingerprint density at radius 1 is 1.60 bits per heavy atom. The third-order valence-corrected chi connectivity index (χ3v) is 0.663. The fourth-order valence-corrected chi connectivity index (χ4v) is 0.167. The van der Waals surface area contributed by atoms with Gasteiger partial charge in [0.1, 0.15) is 0 Å². The lowest BCUT2D eigenvalue weighted by Gasteiger charge is -1.48. The van der Waals surface area contributed by atoms with E-state index < -0.39 is 8.03 Å². The van der Waals surface area contributed by atoms with E-state index in [1.54, 1.807) is 18.1 Å². The molecule has 0 spiro atoms. The van der Waals surface area contributed by atoms with E-state index in [0.717, 1.165) is 0 Å². The lowest BCUT2D eigenvalue weighted by Crippen LogP contribution is -1.61. The summed E-state index contributed by atoms with van der Waals surface area (Å²) in [6.07, 6.45) is 7.55. The average Bonchev–Trinajstić information content (AvgIpc) is 2.43. The van der Waals surface area contributed by atoms with Crippen LogP contribution in [0, 0.1) is 12.1 Å². The van der Waals surface area contributed by atoms with Gasteiger partial charge in [-0.2, -0.15) is 15.4 Å². The van der Waals surface area contributed by atoms with Gasteiger partial charge in [-0.05, 0) is 4.57 Å². The standard InChI is InChI=1S/C2H3N3.C2HO2P/c1-2-4-5-3-1;1-2-5(3)4/h1-2H,(H,3,4,5);1H/p+1. The minimum Gasteiger partial charge on any atom is -0.198 e. The van der Waals surface area contributed by atoms with Gasteiger partial charge >= 0.3 is 8.03 Å². The molecule has 1 heterocycles. The molecule has 0 aliphatic rings. The Bertz CT molecular complexity index is 198. The quantitative estimate of drug-likeness (QED) is 0.415. The number of aromatic nitrogens is 3. The Morgan fingerprint density at radius 3 is 2.10 bits per heavy atom. The van der Waals surface area contributed by atoms with Crippen LogP contribution in [-0.4, -0.2) is 20.3 Å². The van der Waals surface area contributed by atoms with E-state index in [0.29, 0.717) is 0 Å². The van der Waals surface area contributed by atoms with Crippen LogP contribution in [0.1, 0.15) is 0 Å². The SMILES string of the molecule is C#C[P+](=O)O.c1cn[nH]n1. The fraction of sp³-hybridized carbons (Fsp3) is 0. The van der Waals surface area contributed by atoms with Gasteiger partial charge in [0.15, 0.2) is 0 Å². The average molecular weight is 158 g/mol. The van der Waals surface area contributed by atoms with Crippen LogP contribution < -0.4 is 0 Å². The molecule has 6 heteroatoms. The molecule has 0 aromatic carbocycles. The number of nitrogens with zero attached hydrogens (tertiary/aromatic N) is 2. The van der Waals surface area contributed by atoms with Crippen LogP contribution in [0.5, 0.6) is 0 Å². The van der Waals surface area contributed by atoms with Crippen molar-refractivity contribution in [3.8, 4) is 12.1 Å². The van der Waals surface area contributed by atoms with Crippen LogP contribution in [0.3, 0.4) is 0 Å². The molecule has 0 radical (unpaired) electrons. The molecule has 0 saturated heterocycles. The molecule has 1 rings (SSSR count). The van der Waals surface area contributed by atoms with Gasteiger partial charge in [-0.3, -0.25) is 0 Å². The minimum absolute atomic E-state index is 1.58. The summed E-state index contributed by atoms with van der Waals surface area (Å²) in [5.74, 6) is 0. The molecule has 0 aliphatic carbocycles. The zero-order chi connectivity index (χ0) is 7.82. The zero-order valence-electron chi connectivity index (χ0n) is 4.93. The summed E-state index contributed by atoms with van der Waals surface area (Å²) < 4.78 is 9.28. The van der Waals surface area contributed by atoms with Crippen LogP contribution >= 0.6 is 8.03 Å². The second-order valence-corrected chi connectivity index (χ2v) is 1.86. The minimum atomic E-state index is -2.32. The first-order valence-electron chi connectivity index (χ1n) is 2.19. The molecule has 1 unspecified atom stereocenters. The number of terminal acetylenes is 1. The molecular weight excluding hydrogens is 153 g/mol. The van der Waals surface area contributed by atoms with E-state index in [9.17, 15) is 4.57 Å². The van der Waals surface area contributed by atoms with Crippen molar-refractivity contribution >= 4 is 8.03 Å². The highest BCUT2D eigenvalue weighted by Crippen LogP contribution is 2.05. The molecule has 1 aromatic heterocycles. The molecular formula is C4H5N3O2P+. The van der Waals surface area contributed by atoms with Gasteiger partial charge in [0.25, 0.3) is 0 Å². The highest BCUT2D eigenvalue weighted by Gasteiger charge is 1.96. The van der Waals surface area contributed by atoms with E-state index in [1.165, 1.54) is 0 Å². The van der Waals surface area contributed by atoms with Crippen LogP contribution in [0.4, 0.5) is 0 Å². The van der Waals surface area contributed by atoms with Crippen molar-refractivity contribution in [3.63, 3.8) is 0 Å². The van der Waals surface area contributed by atoms with Gasteiger partial charge in [-0.15, -0.1) is 4.89 Å². The molecule has 1 aromatic rings. The number of H-pyrrole nitrogens is 1. The molecule has 0 aliphatic heterocycles. The number of hydrogen-bond donors (Lipinski definition) is 2. The van der Waals surface area contributed by atoms with Crippen molar-refractivity contribution in [2.24, 2.45) is 0 Å². The Balaban J connectivity index is 0.000000162. The molecule has 1 atom stereocenters. The molecule has 0 bridgehead atoms. The van der Waals surface area contributed by atoms with Crippen molar-refractivity contribution in [2.45, 2.75) is 0 Å². The van der Waals surface area contributed by atoms with E-state index in [-0.39, 0.29) is 0 Å². The van der Waals surface area contributed by atoms with Gasteiger partial charge in [-0.1, -0.05) is 6.42 Å². The second-order valence-electron chi connectivity index (χ2n) is 1.06. The zero-order valence-corrected chi connectivity index (χ0v) is 5.82. The van der Waals surface area contributed by atoms with Crippen LogP contribution in [0.25, 0.3) is 0 Å². The highest BCUT2D eigenvalue weighted by atomic mass is 31.1. The summed E-state index contributed by atoms with van der Waals surface area (Å²) in [7, 11) is -2.32. The van der Waals surface area contributed by atoms with Crippen LogP contribution in [0.15, 0.2) is 12.4 Å². The topological polar surface area (TPSA) is 78.9 Å². The Hall–Kier alpha value is -1.24. The monoisotopic (exact) mass is 158 g/mol. The van der Waals surface area contributed by atoms with E-state index in [2.05, 4.69) is 21.8 Å². The smallest absolute Gasteiger partial charge is 0.198 e. The Labute approximate surface area is 58.3 Å². The van der Waals surface area contributed by atoms with E-state index in [4.69, 9.17) is 4.89 Å². The maximum atomic E-state index is 9.28. The first-order chi connectivity index (χ1) is 4.77. The summed E-state index contributed by atoms with van der Waals surface area (Å²) in [4.78, 5) is 7.63. The highest BCUT2D eigenvalue weighted by molar-refractivity contribution is 7.44. The maximum absolute atomic E-state index is 9.28. The maximum Gasteiger partial charge on any atom is 0.601 e. The van der Waals surface area contributed by atoms with Gasteiger partial charge in [0.05, 0.1) is 12.4 Å². The molecule has 0 amide bonds. The molecule has 2 N–H and O–H groups in total. The predicted molar refractivity (Wildman–Crippen MR) is 35.0 cm³/mol. The Morgan fingerprint density at radius 2 is 2.00 bits per heavy atom. The van der Waals surface area contributed by atoms with Gasteiger partial charge in [-0.25, -0.2) is 0 Å². The number of rotatable bonds is 0. The van der Waals surface area contributed by atoms with Crippen molar-refractivity contribution in [1.29, 1.82) is 0 Å². The Kier molecular flexibility index (Phi) is 5.16. The molecule has 0 fully saturated rings. The number of hydrogen-bond acceptors (Lipinski definition) is 3. The third-order valence-electron chi connectivity index (χ3n) is 0.442. The largest absolute Gasteiger partial charge is 0.601 e. The molecule has 10 heavy (non-hydrogen) atoms. The van der Waals surface area contributed by atoms with E-state index >= 15 is 0 Å². The summed E-state index contributed by atoms with van der Waals surface area (Å²) >= 11 is 0. The van der Waals surface area contributed by atoms with Crippen LogP contribution in [0.2, 0.25) is 0 Å². The lowest BCUT2D eigenvalue weighted by atomic mass is 11.0. The number of aromatic amines is 1. The summed E-state index contributed by atoms with van der Waals surface area (Å²) in [5.41, 5.74) is 1.59. The van der Waals surface area contributed by atoms with Crippen molar-refractivity contribution < 1.29 is 9.46 Å². The van der Waals surface area contributed by atoms with Crippen LogP contribution in [-0.2, 0) is 4.57 Å².